The van der Waals surface area contributed by atoms with Crippen LogP contribution in [0.2, 0.25) is 10.0 Å². The third-order valence-electron chi connectivity index (χ3n) is 7.79. The highest BCUT2D eigenvalue weighted by molar-refractivity contribution is 6.33. The van der Waals surface area contributed by atoms with Gasteiger partial charge in [-0.3, -0.25) is 0 Å². The second-order valence-electron chi connectivity index (χ2n) is 11.0. The number of ether oxygens (including phenoxy) is 1. The van der Waals surface area contributed by atoms with Crippen molar-refractivity contribution in [2.75, 3.05) is 0 Å². The van der Waals surface area contributed by atoms with E-state index in [0.717, 1.165) is 16.7 Å². The van der Waals surface area contributed by atoms with Crippen molar-refractivity contribution in [3.05, 3.63) is 166 Å². The van der Waals surface area contributed by atoms with E-state index in [0.29, 0.717) is 22.3 Å². The van der Waals surface area contributed by atoms with Crippen molar-refractivity contribution >= 4 is 41.1 Å². The summed E-state index contributed by atoms with van der Waals surface area (Å²) in [5.41, 5.74) is 4.60. The van der Waals surface area contributed by atoms with Crippen LogP contribution in [0.25, 0.3) is 33.4 Å². The van der Waals surface area contributed by atoms with Crippen molar-refractivity contribution in [2.24, 2.45) is 0 Å². The molecule has 0 saturated carbocycles. The van der Waals surface area contributed by atoms with Crippen molar-refractivity contribution < 1.29 is 39.1 Å². The maximum Gasteiger partial charge on any atom is 0.344 e. The minimum Gasteiger partial charge on any atom is -0.478 e. The lowest BCUT2D eigenvalue weighted by Gasteiger charge is -2.12. The van der Waals surface area contributed by atoms with E-state index in [4.69, 9.17) is 37.7 Å². The Morgan fingerprint density at radius 1 is 0.500 bits per heavy atom. The molecule has 0 aliphatic rings. The minimum atomic E-state index is -1.27. The number of carboxylic acids is 2. The van der Waals surface area contributed by atoms with Crippen LogP contribution in [0.15, 0.2) is 133 Å². The van der Waals surface area contributed by atoms with Gasteiger partial charge in [0, 0.05) is 0 Å². The van der Waals surface area contributed by atoms with Gasteiger partial charge in [-0.1, -0.05) is 114 Å². The lowest BCUT2D eigenvalue weighted by molar-refractivity contribution is -0.217. The highest BCUT2D eigenvalue weighted by Crippen LogP contribution is 2.35. The molecule has 0 fully saturated rings. The summed E-state index contributed by atoms with van der Waals surface area (Å²) < 4.78 is 5.50. The number of benzene rings is 6. The summed E-state index contributed by atoms with van der Waals surface area (Å²) in [6.45, 7) is -0.143. The number of hydrogen-bond donors (Lipinski definition) is 2. The zero-order valence-electron chi connectivity index (χ0n) is 26.0. The van der Waals surface area contributed by atoms with Gasteiger partial charge < -0.3 is 19.8 Å². The summed E-state index contributed by atoms with van der Waals surface area (Å²) in [4.78, 5) is 47.8. The first-order valence-electron chi connectivity index (χ1n) is 15.1. The summed E-state index contributed by atoms with van der Waals surface area (Å²) in [7, 11) is 0. The second kappa shape index (κ2) is 15.1. The van der Waals surface area contributed by atoms with Crippen LogP contribution < -0.4 is 9.62 Å². The van der Waals surface area contributed by atoms with Crippen LogP contribution in [0.1, 0.15) is 36.6 Å². The molecule has 0 radical (unpaired) electrons. The lowest BCUT2D eigenvalue weighted by Crippen LogP contribution is -2.14. The Labute approximate surface area is 296 Å². The number of aromatic carboxylic acids is 2. The standard InChI is InChI=1S/C40H26Cl2O8/c41-34-21-28(14-17-36(34)49-40(47)31-16-13-27(20-33(31)39(45)46)25-9-5-2-6-10-25)29-15-18-37(35(42)22-29)50-48-23-30-12-11-26(19-32(30)38(43)44)24-7-3-1-4-8-24/h1-22H,23H2,(H,43,44)(H,45,46). The topological polar surface area (TPSA) is 119 Å². The van der Waals surface area contributed by atoms with Gasteiger partial charge in [0.05, 0.1) is 26.7 Å². The Morgan fingerprint density at radius 3 is 1.52 bits per heavy atom. The monoisotopic (exact) mass is 704 g/mol. The molecule has 2 N–H and O–H groups in total. The highest BCUT2D eigenvalue weighted by Gasteiger charge is 2.21. The molecule has 0 amide bonds. The first kappa shape index (κ1) is 34.0. The fraction of sp³-hybridized carbons (Fsp3) is 0.0250. The number of carbonyl (C=O) groups is 3. The number of rotatable bonds is 11. The van der Waals surface area contributed by atoms with Crippen LogP contribution in [-0.4, -0.2) is 28.1 Å². The molecule has 0 atom stereocenters. The maximum absolute atomic E-state index is 13.1. The summed E-state index contributed by atoms with van der Waals surface area (Å²) in [6, 6.07) is 37.9. The first-order chi connectivity index (χ1) is 24.2. The van der Waals surface area contributed by atoms with E-state index >= 15 is 0 Å². The van der Waals surface area contributed by atoms with Gasteiger partial charge in [-0.2, -0.15) is 4.89 Å². The molecule has 10 heteroatoms. The molecule has 0 aliphatic carbocycles. The van der Waals surface area contributed by atoms with E-state index in [1.807, 2.05) is 66.7 Å². The number of halogens is 2. The fourth-order valence-corrected chi connectivity index (χ4v) is 5.67. The minimum absolute atomic E-state index is 0.0425. The molecule has 6 rings (SSSR count). The third kappa shape index (κ3) is 7.69. The Balaban J connectivity index is 1.12. The molecular weight excluding hydrogens is 679 g/mol. The Kier molecular flexibility index (Phi) is 10.2. The van der Waals surface area contributed by atoms with Crippen LogP contribution in [0, 0.1) is 0 Å². The summed E-state index contributed by atoms with van der Waals surface area (Å²) >= 11 is 13.0. The van der Waals surface area contributed by atoms with Crippen molar-refractivity contribution in [1.29, 1.82) is 0 Å². The van der Waals surface area contributed by atoms with Crippen LogP contribution in [0.5, 0.6) is 11.5 Å². The molecule has 0 aliphatic heterocycles. The zero-order valence-corrected chi connectivity index (χ0v) is 27.5. The Bertz CT molecular complexity index is 2220. The molecular formula is C40H26Cl2O8. The SMILES string of the molecule is O=C(O)c1cc(-c2ccccc2)ccc1COOc1ccc(-c2ccc(OC(=O)c3ccc(-c4ccccc4)cc3C(=O)O)c(Cl)c2)cc1Cl. The smallest absolute Gasteiger partial charge is 0.344 e. The molecule has 0 spiro atoms. The van der Waals surface area contributed by atoms with E-state index in [2.05, 4.69) is 0 Å². The molecule has 248 valence electrons. The summed E-state index contributed by atoms with van der Waals surface area (Å²) in [5.74, 6) is -2.99. The lowest BCUT2D eigenvalue weighted by atomic mass is 9.99. The van der Waals surface area contributed by atoms with E-state index in [1.54, 1.807) is 48.5 Å². The highest BCUT2D eigenvalue weighted by atomic mass is 35.5. The van der Waals surface area contributed by atoms with Crippen LogP contribution in [0.3, 0.4) is 0 Å². The van der Waals surface area contributed by atoms with Crippen molar-refractivity contribution in [1.82, 2.24) is 0 Å². The van der Waals surface area contributed by atoms with Gasteiger partial charge in [-0.25, -0.2) is 14.4 Å². The molecule has 0 heterocycles. The van der Waals surface area contributed by atoms with Gasteiger partial charge in [0.15, 0.2) is 5.75 Å². The predicted molar refractivity (Wildman–Crippen MR) is 190 cm³/mol. The molecule has 6 aromatic rings. The average Bonchev–Trinajstić information content (AvgIpc) is 3.13. The van der Waals surface area contributed by atoms with E-state index in [-0.39, 0.29) is 44.8 Å². The third-order valence-corrected chi connectivity index (χ3v) is 8.38. The largest absolute Gasteiger partial charge is 0.478 e. The molecule has 0 unspecified atom stereocenters. The van der Waals surface area contributed by atoms with Gasteiger partial charge in [0.2, 0.25) is 0 Å². The van der Waals surface area contributed by atoms with E-state index < -0.39 is 17.9 Å². The van der Waals surface area contributed by atoms with Crippen LogP contribution in [0.4, 0.5) is 0 Å². The molecule has 50 heavy (non-hydrogen) atoms. The normalized spacial score (nSPS) is 10.8. The average molecular weight is 706 g/mol. The molecule has 0 aromatic heterocycles. The van der Waals surface area contributed by atoms with Gasteiger partial charge in [0.25, 0.3) is 0 Å². The molecule has 0 saturated heterocycles. The zero-order chi connectivity index (χ0) is 35.2. The maximum atomic E-state index is 13.1. The van der Waals surface area contributed by atoms with Crippen molar-refractivity contribution in [3.63, 3.8) is 0 Å². The van der Waals surface area contributed by atoms with E-state index in [9.17, 15) is 24.6 Å². The van der Waals surface area contributed by atoms with Gasteiger partial charge in [-0.05, 0) is 81.4 Å². The molecule has 0 bridgehead atoms. The van der Waals surface area contributed by atoms with Crippen LogP contribution in [-0.2, 0) is 11.5 Å². The summed E-state index contributed by atoms with van der Waals surface area (Å²) in [6.07, 6.45) is 0. The number of hydrogen-bond acceptors (Lipinski definition) is 6. The Morgan fingerprint density at radius 2 is 0.980 bits per heavy atom. The van der Waals surface area contributed by atoms with Crippen molar-refractivity contribution in [3.8, 4) is 44.9 Å². The van der Waals surface area contributed by atoms with E-state index in [1.165, 1.54) is 18.2 Å². The predicted octanol–water partition coefficient (Wildman–Crippen LogP) is 10.1. The van der Waals surface area contributed by atoms with Gasteiger partial charge in [-0.15, -0.1) is 0 Å². The molecule has 6 aromatic carbocycles. The van der Waals surface area contributed by atoms with Gasteiger partial charge in [0.1, 0.15) is 12.4 Å². The quantitative estimate of drug-likeness (QED) is 0.0592. The van der Waals surface area contributed by atoms with Gasteiger partial charge >= 0.3 is 17.9 Å². The second-order valence-corrected chi connectivity index (χ2v) is 11.8. The number of esters is 1. The number of carbonyl (C=O) groups excluding carboxylic acids is 1. The van der Waals surface area contributed by atoms with Crippen molar-refractivity contribution in [2.45, 2.75) is 6.61 Å². The fourth-order valence-electron chi connectivity index (χ4n) is 5.24. The van der Waals surface area contributed by atoms with Crippen LogP contribution >= 0.6 is 23.2 Å². The molecule has 8 nitrogen and oxygen atoms in total. The Hall–Kier alpha value is -5.93. The number of carboxylic acid groups (broad SMARTS) is 2. The summed E-state index contributed by atoms with van der Waals surface area (Å²) in [5, 5.41) is 19.9. The first-order valence-corrected chi connectivity index (χ1v) is 15.9.